The maximum atomic E-state index is 6.16. The predicted octanol–water partition coefficient (Wildman–Crippen LogP) is 1.92. The summed E-state index contributed by atoms with van der Waals surface area (Å²) in [5, 5.41) is 5.39. The number of likely N-dealkylation sites (tertiary alicyclic amines) is 1. The van der Waals surface area contributed by atoms with E-state index in [0.717, 1.165) is 48.1 Å². The number of piperidine rings is 1. The normalized spacial score (nSPS) is 16.7. The van der Waals surface area contributed by atoms with Crippen molar-refractivity contribution >= 4 is 22.5 Å². The zero-order valence-electron chi connectivity index (χ0n) is 13.7. The molecule has 0 unspecified atom stereocenters. The van der Waals surface area contributed by atoms with E-state index in [-0.39, 0.29) is 5.95 Å². The minimum atomic E-state index is 0.246. The van der Waals surface area contributed by atoms with Gasteiger partial charge in [-0.05, 0) is 45.1 Å². The van der Waals surface area contributed by atoms with Crippen molar-refractivity contribution in [2.24, 2.45) is 0 Å². The number of benzene rings is 1. The van der Waals surface area contributed by atoms with Gasteiger partial charge in [0.1, 0.15) is 0 Å². The maximum Gasteiger partial charge on any atom is 0.221 e. The summed E-state index contributed by atoms with van der Waals surface area (Å²) in [6, 6.07) is 6.05. The molecule has 0 amide bonds. The fourth-order valence-electron chi connectivity index (χ4n) is 3.36. The predicted molar refractivity (Wildman–Crippen MR) is 95.4 cm³/mol. The van der Waals surface area contributed by atoms with Crippen LogP contribution in [-0.4, -0.2) is 44.8 Å². The Bertz CT molecular complexity index is 878. The van der Waals surface area contributed by atoms with E-state index in [9.17, 15) is 0 Å². The highest BCUT2D eigenvalue weighted by atomic mass is 15.3. The number of hydrogen-bond acceptors (Lipinski definition) is 6. The van der Waals surface area contributed by atoms with E-state index < -0.39 is 0 Å². The summed E-state index contributed by atoms with van der Waals surface area (Å²) in [7, 11) is 2.16. The van der Waals surface area contributed by atoms with E-state index in [0.29, 0.717) is 11.7 Å². The number of anilines is 2. The van der Waals surface area contributed by atoms with E-state index in [1.807, 2.05) is 35.3 Å². The van der Waals surface area contributed by atoms with Crippen LogP contribution in [0.15, 0.2) is 30.6 Å². The summed E-state index contributed by atoms with van der Waals surface area (Å²) < 4.78 is 2.05. The van der Waals surface area contributed by atoms with E-state index in [1.165, 1.54) is 0 Å². The van der Waals surface area contributed by atoms with Gasteiger partial charge in [-0.3, -0.25) is 4.68 Å². The number of fused-ring (bicyclic) bond motifs is 1. The van der Waals surface area contributed by atoms with Gasteiger partial charge < -0.3 is 16.4 Å². The molecule has 0 saturated carbocycles. The number of nitrogens with two attached hydrogens (primary N) is 2. The number of nitrogen functional groups attached to an aromatic ring is 2. The molecule has 7 heteroatoms. The summed E-state index contributed by atoms with van der Waals surface area (Å²) >= 11 is 0. The van der Waals surface area contributed by atoms with Gasteiger partial charge in [0, 0.05) is 22.8 Å². The molecule has 0 radical (unpaired) electrons. The molecule has 24 heavy (non-hydrogen) atoms. The zero-order chi connectivity index (χ0) is 16.7. The summed E-state index contributed by atoms with van der Waals surface area (Å²) in [6.07, 6.45) is 6.09. The summed E-state index contributed by atoms with van der Waals surface area (Å²) in [5.74, 6) is 0.246. The third-order valence-corrected chi connectivity index (χ3v) is 4.71. The number of nitrogens with zero attached hydrogens (tertiary/aromatic N) is 5. The molecule has 4 N–H and O–H groups in total. The fourth-order valence-corrected chi connectivity index (χ4v) is 3.36. The minimum Gasteiger partial charge on any atom is -0.398 e. The first kappa shape index (κ1) is 14.9. The second-order valence-electron chi connectivity index (χ2n) is 6.42. The van der Waals surface area contributed by atoms with Crippen molar-refractivity contribution in [1.29, 1.82) is 0 Å². The Morgan fingerprint density at radius 3 is 2.71 bits per heavy atom. The van der Waals surface area contributed by atoms with Crippen LogP contribution in [-0.2, 0) is 0 Å². The maximum absolute atomic E-state index is 6.16. The number of aromatic nitrogens is 4. The Labute approximate surface area is 140 Å². The molecule has 4 rings (SSSR count). The topological polar surface area (TPSA) is 98.9 Å². The standard InChI is InChI=1S/C17H21N7/c1-23-7-5-12(6-8-23)24-10-11(9-20-24)16-15-13(18)3-2-4-14(15)21-17(19)22-16/h2-4,9-10,12H,5-8,18H2,1H3,(H2,19,21,22). The molecular formula is C17H21N7. The van der Waals surface area contributed by atoms with E-state index in [1.54, 1.807) is 0 Å². The van der Waals surface area contributed by atoms with Crippen LogP contribution in [0.2, 0.25) is 0 Å². The monoisotopic (exact) mass is 323 g/mol. The lowest BCUT2D eigenvalue weighted by atomic mass is 10.1. The van der Waals surface area contributed by atoms with Crippen molar-refractivity contribution in [2.45, 2.75) is 18.9 Å². The van der Waals surface area contributed by atoms with Crippen molar-refractivity contribution in [2.75, 3.05) is 31.6 Å². The first-order valence-electron chi connectivity index (χ1n) is 8.16. The Balaban J connectivity index is 1.76. The van der Waals surface area contributed by atoms with Gasteiger partial charge >= 0.3 is 0 Å². The molecular weight excluding hydrogens is 302 g/mol. The smallest absolute Gasteiger partial charge is 0.221 e. The molecule has 0 spiro atoms. The molecule has 0 bridgehead atoms. The highest BCUT2D eigenvalue weighted by Gasteiger charge is 2.20. The summed E-state index contributed by atoms with van der Waals surface area (Å²) in [6.45, 7) is 2.19. The lowest BCUT2D eigenvalue weighted by Crippen LogP contribution is -2.31. The van der Waals surface area contributed by atoms with Gasteiger partial charge in [-0.15, -0.1) is 0 Å². The van der Waals surface area contributed by atoms with Gasteiger partial charge in [0.2, 0.25) is 5.95 Å². The highest BCUT2D eigenvalue weighted by molar-refractivity contribution is 6.01. The van der Waals surface area contributed by atoms with Gasteiger partial charge in [0.15, 0.2) is 0 Å². The fraction of sp³-hybridized carbons (Fsp3) is 0.353. The third-order valence-electron chi connectivity index (χ3n) is 4.71. The van der Waals surface area contributed by atoms with Crippen LogP contribution in [0.3, 0.4) is 0 Å². The van der Waals surface area contributed by atoms with Gasteiger partial charge in [-0.1, -0.05) is 6.07 Å². The Hall–Kier alpha value is -2.67. The minimum absolute atomic E-state index is 0.246. The van der Waals surface area contributed by atoms with Crippen LogP contribution in [0.1, 0.15) is 18.9 Å². The van der Waals surface area contributed by atoms with Gasteiger partial charge in [0.25, 0.3) is 0 Å². The van der Waals surface area contributed by atoms with Gasteiger partial charge in [-0.25, -0.2) is 9.97 Å². The lowest BCUT2D eigenvalue weighted by Gasteiger charge is -2.28. The van der Waals surface area contributed by atoms with Crippen molar-refractivity contribution in [3.8, 4) is 11.3 Å². The molecule has 0 aliphatic carbocycles. The molecule has 1 saturated heterocycles. The molecule has 1 aliphatic rings. The zero-order valence-corrected chi connectivity index (χ0v) is 13.7. The van der Waals surface area contributed by atoms with E-state index in [2.05, 4.69) is 27.0 Å². The molecule has 1 aromatic carbocycles. The summed E-state index contributed by atoms with van der Waals surface area (Å²) in [4.78, 5) is 11.1. The molecule has 124 valence electrons. The molecule has 1 fully saturated rings. The first-order chi connectivity index (χ1) is 11.6. The average molecular weight is 323 g/mol. The number of hydrogen-bond donors (Lipinski definition) is 2. The second kappa shape index (κ2) is 5.76. The van der Waals surface area contributed by atoms with Crippen molar-refractivity contribution < 1.29 is 0 Å². The van der Waals surface area contributed by atoms with Crippen LogP contribution in [0, 0.1) is 0 Å². The first-order valence-corrected chi connectivity index (χ1v) is 8.16. The third kappa shape index (κ3) is 2.56. The van der Waals surface area contributed by atoms with Crippen LogP contribution in [0.5, 0.6) is 0 Å². The van der Waals surface area contributed by atoms with Crippen molar-refractivity contribution in [1.82, 2.24) is 24.6 Å². The molecule has 0 atom stereocenters. The van der Waals surface area contributed by atoms with Crippen LogP contribution < -0.4 is 11.5 Å². The van der Waals surface area contributed by atoms with E-state index >= 15 is 0 Å². The number of rotatable bonds is 2. The SMILES string of the molecule is CN1CCC(n2cc(-c3nc(N)nc4cccc(N)c34)cn2)CC1. The molecule has 3 aromatic rings. The second-order valence-corrected chi connectivity index (χ2v) is 6.42. The highest BCUT2D eigenvalue weighted by Crippen LogP contribution is 2.31. The van der Waals surface area contributed by atoms with Crippen LogP contribution in [0.4, 0.5) is 11.6 Å². The quantitative estimate of drug-likeness (QED) is 0.699. The Morgan fingerprint density at radius 2 is 1.92 bits per heavy atom. The molecule has 2 aromatic heterocycles. The van der Waals surface area contributed by atoms with Crippen molar-refractivity contribution in [3.63, 3.8) is 0 Å². The largest absolute Gasteiger partial charge is 0.398 e. The van der Waals surface area contributed by atoms with Crippen molar-refractivity contribution in [3.05, 3.63) is 30.6 Å². The molecule has 3 heterocycles. The summed E-state index contributed by atoms with van der Waals surface area (Å²) in [5.41, 5.74) is 15.1. The molecule has 7 nitrogen and oxygen atoms in total. The van der Waals surface area contributed by atoms with Crippen LogP contribution >= 0.6 is 0 Å². The van der Waals surface area contributed by atoms with E-state index in [4.69, 9.17) is 11.5 Å². The molecule has 1 aliphatic heterocycles. The Morgan fingerprint density at radius 1 is 1.12 bits per heavy atom. The van der Waals surface area contributed by atoms with Gasteiger partial charge in [-0.2, -0.15) is 5.10 Å². The van der Waals surface area contributed by atoms with Crippen LogP contribution in [0.25, 0.3) is 22.2 Å². The average Bonchev–Trinajstić information content (AvgIpc) is 3.04. The van der Waals surface area contributed by atoms with Gasteiger partial charge in [0.05, 0.1) is 23.4 Å². The Kier molecular flexibility index (Phi) is 3.57. The lowest BCUT2D eigenvalue weighted by molar-refractivity contribution is 0.212.